The molecule has 0 radical (unpaired) electrons. The first-order valence-corrected chi connectivity index (χ1v) is 17.4. The van der Waals surface area contributed by atoms with E-state index in [1.807, 2.05) is 23.5 Å². The minimum Gasteiger partial charge on any atom is -0.456 e. The smallest absolute Gasteiger partial charge is 0.135 e. The van der Waals surface area contributed by atoms with Crippen molar-refractivity contribution in [1.82, 2.24) is 0 Å². The van der Waals surface area contributed by atoms with E-state index in [1.165, 1.54) is 53.2 Å². The second-order valence-corrected chi connectivity index (χ2v) is 13.6. The van der Waals surface area contributed by atoms with Gasteiger partial charge in [-0.3, -0.25) is 0 Å². The van der Waals surface area contributed by atoms with Gasteiger partial charge in [0.2, 0.25) is 0 Å². The fraction of sp³-hybridized carbons (Fsp3) is 0. The highest BCUT2D eigenvalue weighted by Crippen LogP contribution is 2.47. The Hall–Kier alpha value is -6.16. The van der Waals surface area contributed by atoms with Gasteiger partial charge in [0, 0.05) is 53.4 Å². The zero-order chi connectivity index (χ0) is 32.3. The van der Waals surface area contributed by atoms with E-state index in [4.69, 9.17) is 4.42 Å². The molecule has 3 heteroatoms. The lowest BCUT2D eigenvalue weighted by atomic mass is 9.98. The topological polar surface area (TPSA) is 16.4 Å². The van der Waals surface area contributed by atoms with Crippen molar-refractivity contribution in [3.05, 3.63) is 176 Å². The van der Waals surface area contributed by atoms with Crippen molar-refractivity contribution < 1.29 is 4.42 Å². The molecule has 0 aliphatic rings. The third-order valence-corrected chi connectivity index (χ3v) is 10.9. The molecule has 230 valence electrons. The van der Waals surface area contributed by atoms with Crippen molar-refractivity contribution in [1.29, 1.82) is 0 Å². The molecule has 0 saturated heterocycles. The number of anilines is 3. The molecule has 2 nitrogen and oxygen atoms in total. The van der Waals surface area contributed by atoms with E-state index in [0.29, 0.717) is 0 Å². The van der Waals surface area contributed by atoms with Crippen LogP contribution in [0.2, 0.25) is 0 Å². The average Bonchev–Trinajstić information content (AvgIpc) is 3.74. The Bertz CT molecular complexity index is 2860. The van der Waals surface area contributed by atoms with Crippen molar-refractivity contribution in [3.63, 3.8) is 0 Å². The van der Waals surface area contributed by atoms with E-state index in [9.17, 15) is 0 Å². The molecule has 0 atom stereocenters. The van der Waals surface area contributed by atoms with Crippen LogP contribution in [-0.2, 0) is 0 Å². The number of benzene rings is 8. The fourth-order valence-electron chi connectivity index (χ4n) is 7.33. The molecule has 2 heterocycles. The van der Waals surface area contributed by atoms with Crippen LogP contribution in [0.25, 0.3) is 75.1 Å². The summed E-state index contributed by atoms with van der Waals surface area (Å²) in [5, 5.41) is 7.30. The Morgan fingerprint density at radius 2 is 1.10 bits per heavy atom. The first kappa shape index (κ1) is 27.9. The molecule has 0 N–H and O–H groups in total. The Morgan fingerprint density at radius 3 is 2.06 bits per heavy atom. The predicted molar refractivity (Wildman–Crippen MR) is 210 cm³/mol. The average molecular weight is 644 g/mol. The third-order valence-electron chi connectivity index (χ3n) is 9.65. The highest BCUT2D eigenvalue weighted by atomic mass is 32.1. The highest BCUT2D eigenvalue weighted by Gasteiger charge is 2.21. The van der Waals surface area contributed by atoms with Crippen LogP contribution in [0, 0.1) is 0 Å². The summed E-state index contributed by atoms with van der Waals surface area (Å²) in [7, 11) is 0. The van der Waals surface area contributed by atoms with Crippen molar-refractivity contribution >= 4 is 81.3 Å². The number of hydrogen-bond donors (Lipinski definition) is 0. The van der Waals surface area contributed by atoms with Gasteiger partial charge < -0.3 is 9.32 Å². The molecule has 0 saturated carbocycles. The van der Waals surface area contributed by atoms with Gasteiger partial charge in [0.25, 0.3) is 0 Å². The molecule has 0 unspecified atom stereocenters. The van der Waals surface area contributed by atoms with Gasteiger partial charge in [-0.15, -0.1) is 11.3 Å². The molecule has 0 spiro atoms. The second-order valence-electron chi connectivity index (χ2n) is 12.5. The van der Waals surface area contributed by atoms with Gasteiger partial charge in [0.05, 0.1) is 5.69 Å². The van der Waals surface area contributed by atoms with Crippen LogP contribution in [0.15, 0.2) is 180 Å². The van der Waals surface area contributed by atoms with Crippen LogP contribution in [0.3, 0.4) is 0 Å². The largest absolute Gasteiger partial charge is 0.456 e. The highest BCUT2D eigenvalue weighted by molar-refractivity contribution is 7.26. The number of furan rings is 1. The zero-order valence-corrected chi connectivity index (χ0v) is 27.3. The Labute approximate surface area is 287 Å². The van der Waals surface area contributed by atoms with Gasteiger partial charge in [-0.05, 0) is 76.5 Å². The van der Waals surface area contributed by atoms with Gasteiger partial charge in [-0.2, -0.15) is 0 Å². The number of thiophene rings is 1. The first-order chi connectivity index (χ1) is 24.3. The third kappa shape index (κ3) is 4.62. The van der Waals surface area contributed by atoms with Crippen LogP contribution >= 0.6 is 11.3 Å². The molecular formula is C46H29NOS. The van der Waals surface area contributed by atoms with Crippen LogP contribution < -0.4 is 4.90 Å². The molecule has 49 heavy (non-hydrogen) atoms. The molecule has 10 rings (SSSR count). The molecule has 2 aromatic heterocycles. The fourth-order valence-corrected chi connectivity index (χ4v) is 8.56. The molecule has 0 bridgehead atoms. The monoisotopic (exact) mass is 643 g/mol. The van der Waals surface area contributed by atoms with Gasteiger partial charge in [-0.25, -0.2) is 0 Å². The van der Waals surface area contributed by atoms with E-state index in [2.05, 4.69) is 169 Å². The normalized spacial score (nSPS) is 11.7. The van der Waals surface area contributed by atoms with Crippen LogP contribution in [0.5, 0.6) is 0 Å². The molecule has 0 aliphatic carbocycles. The molecule has 0 aliphatic heterocycles. The number of para-hydroxylation sites is 2. The summed E-state index contributed by atoms with van der Waals surface area (Å²) >= 11 is 1.87. The maximum Gasteiger partial charge on any atom is 0.135 e. The maximum absolute atomic E-state index is 6.26. The van der Waals surface area contributed by atoms with Crippen molar-refractivity contribution in [2.24, 2.45) is 0 Å². The molecule has 0 fully saturated rings. The summed E-state index contributed by atoms with van der Waals surface area (Å²) in [6, 6.07) is 63.3. The molecule has 8 aromatic carbocycles. The van der Waals surface area contributed by atoms with Crippen LogP contribution in [0.1, 0.15) is 0 Å². The minimum atomic E-state index is 0.887. The number of hydrogen-bond acceptors (Lipinski definition) is 3. The lowest BCUT2D eigenvalue weighted by Gasteiger charge is -2.28. The maximum atomic E-state index is 6.26. The number of fused-ring (bicyclic) bond motifs is 7. The van der Waals surface area contributed by atoms with Gasteiger partial charge >= 0.3 is 0 Å². The van der Waals surface area contributed by atoms with Gasteiger partial charge in [0.1, 0.15) is 11.2 Å². The summed E-state index contributed by atoms with van der Waals surface area (Å²) in [6.45, 7) is 0. The second kappa shape index (κ2) is 11.2. The summed E-state index contributed by atoms with van der Waals surface area (Å²) in [5.41, 5.74) is 9.87. The minimum absolute atomic E-state index is 0.887. The molecule has 10 aromatic rings. The van der Waals surface area contributed by atoms with E-state index >= 15 is 0 Å². The van der Waals surface area contributed by atoms with E-state index < -0.39 is 0 Å². The predicted octanol–water partition coefficient (Wildman–Crippen LogP) is 13.9. The van der Waals surface area contributed by atoms with Crippen molar-refractivity contribution in [2.75, 3.05) is 4.90 Å². The number of rotatable bonds is 5. The van der Waals surface area contributed by atoms with Gasteiger partial charge in [0.15, 0.2) is 0 Å². The Kier molecular flexibility index (Phi) is 6.39. The van der Waals surface area contributed by atoms with Gasteiger partial charge in [-0.1, -0.05) is 121 Å². The zero-order valence-electron chi connectivity index (χ0n) is 26.5. The van der Waals surface area contributed by atoms with E-state index in [1.54, 1.807) is 0 Å². The summed E-state index contributed by atoms with van der Waals surface area (Å²) in [5.74, 6) is 0. The molecular weight excluding hydrogens is 615 g/mol. The number of nitrogens with zero attached hydrogens (tertiary/aromatic N) is 1. The van der Waals surface area contributed by atoms with Crippen molar-refractivity contribution in [2.45, 2.75) is 0 Å². The lowest BCUT2D eigenvalue weighted by molar-refractivity contribution is 0.669. The standard InChI is InChI=1S/C46H29NOS/c1-2-12-31-27-33(24-23-30(31)11-1)32-13-9-14-34(28-32)47(35-25-26-44-41(29-35)37-16-4-7-21-43(37)48-44)42-20-6-3-15-36(42)39-18-10-19-40-38-17-5-8-22-45(38)49-46(39)40/h1-29H. The Balaban J connectivity index is 1.21. The first-order valence-electron chi connectivity index (χ1n) is 16.6. The van der Waals surface area contributed by atoms with E-state index in [0.717, 1.165) is 39.0 Å². The summed E-state index contributed by atoms with van der Waals surface area (Å²) in [6.07, 6.45) is 0. The van der Waals surface area contributed by atoms with E-state index in [-0.39, 0.29) is 0 Å². The summed E-state index contributed by atoms with van der Waals surface area (Å²) in [4.78, 5) is 2.41. The quantitative estimate of drug-likeness (QED) is 0.186. The van der Waals surface area contributed by atoms with Crippen LogP contribution in [0.4, 0.5) is 17.1 Å². The summed E-state index contributed by atoms with van der Waals surface area (Å²) < 4.78 is 8.87. The van der Waals surface area contributed by atoms with Crippen molar-refractivity contribution in [3.8, 4) is 22.3 Å². The Morgan fingerprint density at radius 1 is 0.408 bits per heavy atom. The molecule has 0 amide bonds. The lowest BCUT2D eigenvalue weighted by Crippen LogP contribution is -2.11. The SMILES string of the molecule is c1cc(-c2ccc3ccccc3c2)cc(N(c2ccc3oc4ccccc4c3c2)c2ccccc2-c2cccc3c2sc2ccccc23)c1. The van der Waals surface area contributed by atoms with Crippen LogP contribution in [-0.4, -0.2) is 0 Å².